The Labute approximate surface area is 278 Å². The molecule has 268 valence electrons. The number of hydrogen-bond acceptors (Lipinski definition) is 10. The Hall–Kier alpha value is -4.32. The van der Waals surface area contributed by atoms with Gasteiger partial charge in [0.05, 0.1) is 25.2 Å². The molecule has 0 aromatic rings. The predicted octanol–water partition coefficient (Wildman–Crippen LogP) is -3.84. The average Bonchev–Trinajstić information content (AvgIpc) is 3.81. The number of nitrogens with one attached hydrogen (secondary N) is 6. The van der Waals surface area contributed by atoms with Crippen molar-refractivity contribution in [1.29, 1.82) is 0 Å². The molecular weight excluding hydrogens is 632 g/mol. The number of likely N-dealkylation sites (tertiary alicyclic amines) is 2. The summed E-state index contributed by atoms with van der Waals surface area (Å²) < 4.78 is 0. The second-order valence-corrected chi connectivity index (χ2v) is 12.8. The summed E-state index contributed by atoms with van der Waals surface area (Å²) in [7, 11) is 0. The molecule has 0 unspecified atom stereocenters. The van der Waals surface area contributed by atoms with Gasteiger partial charge in [-0.1, -0.05) is 13.8 Å². The van der Waals surface area contributed by atoms with Crippen LogP contribution in [0, 0.1) is 5.92 Å². The van der Waals surface area contributed by atoms with Gasteiger partial charge in [0.2, 0.25) is 41.4 Å². The highest BCUT2D eigenvalue weighted by atomic mass is 16.4. The van der Waals surface area contributed by atoms with E-state index in [1.165, 1.54) is 23.6 Å². The standard InChI is InChI=1S/C30H48N8O10/c1-15(2)24(36-22(40)13-32-25(42)19-11-18(39)12-31-19)28(45)34-16(3)29(46)38-10-6-7-20(38)26(43)33-14-23(41)37-9-5-8-21(37)27(44)35-17(4)30(47)48/h15-21,24,31,39H,5-14H2,1-4H3,(H,32,42)(H,33,43)(H,34,45)(H,35,44)(H,36,40)(H,47,48)/t16-,17-,18+,19-,20-,21-,24-/m0/s1. The summed E-state index contributed by atoms with van der Waals surface area (Å²) in [4.78, 5) is 103. The molecule has 3 saturated heterocycles. The lowest BCUT2D eigenvalue weighted by Gasteiger charge is -2.29. The van der Waals surface area contributed by atoms with Crippen molar-refractivity contribution in [1.82, 2.24) is 41.7 Å². The number of aliphatic hydroxyl groups excluding tert-OH is 1. The van der Waals surface area contributed by atoms with Crippen LogP contribution in [-0.4, -0.2) is 142 Å². The summed E-state index contributed by atoms with van der Waals surface area (Å²) in [5.74, 6) is -5.47. The third kappa shape index (κ3) is 10.1. The quantitative estimate of drug-likeness (QED) is 0.0882. The van der Waals surface area contributed by atoms with Gasteiger partial charge < -0.3 is 51.9 Å². The molecular formula is C30H48N8O10. The second kappa shape index (κ2) is 17.2. The van der Waals surface area contributed by atoms with Gasteiger partial charge in [-0.05, 0) is 51.9 Å². The fourth-order valence-electron chi connectivity index (χ4n) is 5.97. The fourth-order valence-corrected chi connectivity index (χ4v) is 5.97. The van der Waals surface area contributed by atoms with E-state index in [0.717, 1.165) is 0 Å². The van der Waals surface area contributed by atoms with Crippen LogP contribution in [0.3, 0.4) is 0 Å². The number of amides is 7. The maximum absolute atomic E-state index is 13.3. The number of nitrogens with zero attached hydrogens (tertiary/aromatic N) is 2. The van der Waals surface area contributed by atoms with Crippen LogP contribution in [0.5, 0.6) is 0 Å². The average molecular weight is 681 g/mol. The minimum absolute atomic E-state index is 0.226. The molecule has 0 bridgehead atoms. The van der Waals surface area contributed by atoms with E-state index >= 15 is 0 Å². The van der Waals surface area contributed by atoms with Crippen molar-refractivity contribution in [3.63, 3.8) is 0 Å². The molecule has 8 N–H and O–H groups in total. The van der Waals surface area contributed by atoms with E-state index < -0.39 is 96.2 Å². The molecule has 3 rings (SSSR count). The molecule has 18 nitrogen and oxygen atoms in total. The Morgan fingerprint density at radius 1 is 0.771 bits per heavy atom. The van der Waals surface area contributed by atoms with Crippen molar-refractivity contribution in [3.05, 3.63) is 0 Å². The van der Waals surface area contributed by atoms with Crippen molar-refractivity contribution >= 4 is 47.3 Å². The van der Waals surface area contributed by atoms with E-state index in [0.29, 0.717) is 25.7 Å². The van der Waals surface area contributed by atoms with Crippen LogP contribution in [0.25, 0.3) is 0 Å². The van der Waals surface area contributed by atoms with Crippen LogP contribution < -0.4 is 31.9 Å². The van der Waals surface area contributed by atoms with Gasteiger partial charge in [0, 0.05) is 19.6 Å². The molecule has 3 aliphatic heterocycles. The van der Waals surface area contributed by atoms with Gasteiger partial charge in [-0.15, -0.1) is 0 Å². The molecule has 7 atom stereocenters. The molecule has 3 heterocycles. The number of aliphatic carboxylic acids is 1. The Balaban J connectivity index is 1.49. The summed E-state index contributed by atoms with van der Waals surface area (Å²) >= 11 is 0. The van der Waals surface area contributed by atoms with E-state index in [4.69, 9.17) is 5.11 Å². The first-order valence-corrected chi connectivity index (χ1v) is 16.3. The van der Waals surface area contributed by atoms with Crippen molar-refractivity contribution in [2.75, 3.05) is 32.7 Å². The molecule has 3 aliphatic rings. The number of aliphatic hydroxyl groups is 1. The van der Waals surface area contributed by atoms with Gasteiger partial charge >= 0.3 is 5.97 Å². The smallest absolute Gasteiger partial charge is 0.325 e. The number of carbonyl (C=O) groups excluding carboxylic acids is 7. The summed E-state index contributed by atoms with van der Waals surface area (Å²) in [5.41, 5.74) is 0. The molecule has 0 aromatic carbocycles. The van der Waals surface area contributed by atoms with Gasteiger partial charge in [-0.2, -0.15) is 0 Å². The topological polar surface area (TPSA) is 256 Å². The van der Waals surface area contributed by atoms with Crippen LogP contribution in [-0.2, 0) is 38.4 Å². The van der Waals surface area contributed by atoms with Crippen molar-refractivity contribution in [2.24, 2.45) is 5.92 Å². The van der Waals surface area contributed by atoms with Gasteiger partial charge in [0.15, 0.2) is 0 Å². The Morgan fingerprint density at radius 2 is 1.38 bits per heavy atom. The summed E-state index contributed by atoms with van der Waals surface area (Å²) in [5, 5.41) is 34.0. The third-order valence-corrected chi connectivity index (χ3v) is 8.70. The molecule has 0 spiro atoms. The lowest BCUT2D eigenvalue weighted by Crippen LogP contribution is -2.58. The van der Waals surface area contributed by atoms with Crippen molar-refractivity contribution in [2.45, 2.75) is 102 Å². The Kier molecular flexibility index (Phi) is 13.7. The van der Waals surface area contributed by atoms with Crippen LogP contribution >= 0.6 is 0 Å². The summed E-state index contributed by atoms with van der Waals surface area (Å²) in [6.45, 7) is 6.17. The van der Waals surface area contributed by atoms with E-state index in [1.54, 1.807) is 13.8 Å². The number of hydrogen-bond donors (Lipinski definition) is 8. The summed E-state index contributed by atoms with van der Waals surface area (Å²) in [6.07, 6.45) is 1.32. The molecule has 48 heavy (non-hydrogen) atoms. The van der Waals surface area contributed by atoms with Gasteiger partial charge in [0.25, 0.3) is 0 Å². The first-order chi connectivity index (χ1) is 22.6. The van der Waals surface area contributed by atoms with Crippen LogP contribution in [0.2, 0.25) is 0 Å². The van der Waals surface area contributed by atoms with Gasteiger partial charge in [-0.25, -0.2) is 0 Å². The van der Waals surface area contributed by atoms with E-state index in [-0.39, 0.29) is 38.5 Å². The van der Waals surface area contributed by atoms with Gasteiger partial charge in [-0.3, -0.25) is 38.4 Å². The number of rotatable bonds is 14. The zero-order chi connectivity index (χ0) is 35.7. The monoisotopic (exact) mass is 680 g/mol. The zero-order valence-electron chi connectivity index (χ0n) is 27.7. The van der Waals surface area contributed by atoms with Gasteiger partial charge in [0.1, 0.15) is 30.2 Å². The molecule has 0 radical (unpaired) electrons. The largest absolute Gasteiger partial charge is 0.480 e. The fraction of sp³-hybridized carbons (Fsp3) is 0.733. The lowest BCUT2D eigenvalue weighted by atomic mass is 10.0. The summed E-state index contributed by atoms with van der Waals surface area (Å²) in [6, 6.07) is -5.57. The minimum Gasteiger partial charge on any atom is -0.480 e. The molecule has 3 fully saturated rings. The predicted molar refractivity (Wildman–Crippen MR) is 168 cm³/mol. The molecule has 0 aliphatic carbocycles. The van der Waals surface area contributed by atoms with Crippen molar-refractivity contribution in [3.8, 4) is 0 Å². The third-order valence-electron chi connectivity index (χ3n) is 8.70. The Bertz CT molecular complexity index is 1260. The second-order valence-electron chi connectivity index (χ2n) is 12.8. The minimum atomic E-state index is -1.21. The normalized spacial score (nSPS) is 24.0. The first kappa shape index (κ1) is 38.1. The molecule has 0 saturated carbocycles. The zero-order valence-corrected chi connectivity index (χ0v) is 27.7. The van der Waals surface area contributed by atoms with Crippen LogP contribution in [0.15, 0.2) is 0 Å². The number of β-amino-alcohol motifs (C(OH)–C–C–N with tert-alkyl or cyclic N) is 1. The Morgan fingerprint density at radius 3 is 1.96 bits per heavy atom. The highest BCUT2D eigenvalue weighted by Gasteiger charge is 2.39. The maximum Gasteiger partial charge on any atom is 0.325 e. The van der Waals surface area contributed by atoms with Crippen molar-refractivity contribution < 1.29 is 48.6 Å². The number of carboxylic acid groups (broad SMARTS) is 1. The number of carbonyl (C=O) groups is 8. The molecule has 18 heteroatoms. The van der Waals surface area contributed by atoms with E-state index in [2.05, 4.69) is 31.9 Å². The number of carboxylic acids is 1. The highest BCUT2D eigenvalue weighted by Crippen LogP contribution is 2.20. The van der Waals surface area contributed by atoms with Crippen LogP contribution in [0.4, 0.5) is 0 Å². The van der Waals surface area contributed by atoms with E-state index in [9.17, 15) is 43.5 Å². The lowest BCUT2D eigenvalue weighted by molar-refractivity contribution is -0.144. The van der Waals surface area contributed by atoms with E-state index in [1.807, 2.05) is 0 Å². The highest BCUT2D eigenvalue weighted by molar-refractivity contribution is 5.96. The first-order valence-electron chi connectivity index (χ1n) is 16.3. The maximum atomic E-state index is 13.3. The molecule has 0 aromatic heterocycles. The SMILES string of the molecule is CC(C)[C@H](NC(=O)CNC(=O)[C@@H]1C[C@@H](O)CN1)C(=O)N[C@@H](C)C(=O)N1CCC[C@H]1C(=O)NCC(=O)N1CCC[C@H]1C(=O)N[C@@H](C)C(=O)O. The van der Waals surface area contributed by atoms with Crippen LogP contribution in [0.1, 0.15) is 59.8 Å². The molecule has 7 amide bonds.